The molecule has 3 heteroatoms. The topological polar surface area (TPSA) is 38.9 Å². The number of rotatable bonds is 4. The minimum Gasteiger partial charge on any atom is -0.330 e. The lowest BCUT2D eigenvalue weighted by atomic mass is 10.1. The number of nitrogens with two attached hydrogens (primary N) is 1. The van der Waals surface area contributed by atoms with E-state index in [1.165, 1.54) is 15.8 Å². The molecular weight excluding hydrogens is 264 g/mol. The van der Waals surface area contributed by atoms with Crippen LogP contribution in [-0.2, 0) is 6.42 Å². The molecule has 0 unspecified atom stereocenters. The van der Waals surface area contributed by atoms with Crippen molar-refractivity contribution >= 4 is 22.7 Å². The summed E-state index contributed by atoms with van der Waals surface area (Å²) in [6.07, 6.45) is 0.854. The lowest BCUT2D eigenvalue weighted by molar-refractivity contribution is 0.922. The molecule has 3 aromatic rings. The Kier molecular flexibility index (Phi) is 4.00. The first kappa shape index (κ1) is 13.2. The van der Waals surface area contributed by atoms with Crippen LogP contribution in [0.2, 0.25) is 0 Å². The molecule has 0 aliphatic carbocycles. The summed E-state index contributed by atoms with van der Waals surface area (Å²) in [5.74, 6) is 0. The van der Waals surface area contributed by atoms with Crippen molar-refractivity contribution in [3.8, 4) is 0 Å². The second kappa shape index (κ2) is 6.07. The van der Waals surface area contributed by atoms with Gasteiger partial charge in [0.2, 0.25) is 0 Å². The average Bonchev–Trinajstić information content (AvgIpc) is 2.49. The third-order valence-corrected chi connectivity index (χ3v) is 4.19. The van der Waals surface area contributed by atoms with Crippen LogP contribution in [0.1, 0.15) is 5.56 Å². The molecule has 1 aromatic heterocycles. The van der Waals surface area contributed by atoms with Crippen LogP contribution in [0.4, 0.5) is 0 Å². The third kappa shape index (κ3) is 2.84. The molecular formula is C17H16N2S. The van der Waals surface area contributed by atoms with Crippen molar-refractivity contribution < 1.29 is 0 Å². The highest BCUT2D eigenvalue weighted by atomic mass is 32.2. The van der Waals surface area contributed by atoms with Crippen molar-refractivity contribution in [3.63, 3.8) is 0 Å². The van der Waals surface area contributed by atoms with Gasteiger partial charge in [0, 0.05) is 10.3 Å². The van der Waals surface area contributed by atoms with Crippen LogP contribution < -0.4 is 5.73 Å². The summed E-state index contributed by atoms with van der Waals surface area (Å²) < 4.78 is 0. The van der Waals surface area contributed by atoms with Crippen molar-refractivity contribution in [2.24, 2.45) is 5.73 Å². The Balaban J connectivity index is 2.05. The van der Waals surface area contributed by atoms with Gasteiger partial charge in [-0.25, -0.2) is 4.98 Å². The number of benzene rings is 2. The second-order valence-electron chi connectivity index (χ2n) is 4.60. The Labute approximate surface area is 123 Å². The fourth-order valence-corrected chi connectivity index (χ4v) is 3.12. The predicted octanol–water partition coefficient (Wildman–Crippen LogP) is 3.89. The molecule has 100 valence electrons. The quantitative estimate of drug-likeness (QED) is 0.788. The summed E-state index contributed by atoms with van der Waals surface area (Å²) in [4.78, 5) is 6.00. The number of fused-ring (bicyclic) bond motifs is 1. The van der Waals surface area contributed by atoms with Gasteiger partial charge in [-0.3, -0.25) is 0 Å². The first-order chi connectivity index (χ1) is 9.86. The highest BCUT2D eigenvalue weighted by Crippen LogP contribution is 2.31. The Hall–Kier alpha value is -1.84. The molecule has 3 rings (SSSR count). The van der Waals surface area contributed by atoms with Gasteiger partial charge in [-0.05, 0) is 42.8 Å². The van der Waals surface area contributed by atoms with E-state index in [0.29, 0.717) is 6.54 Å². The number of aromatic nitrogens is 1. The van der Waals surface area contributed by atoms with Gasteiger partial charge >= 0.3 is 0 Å². The van der Waals surface area contributed by atoms with Gasteiger partial charge in [-0.2, -0.15) is 0 Å². The monoisotopic (exact) mass is 280 g/mol. The molecule has 0 aliphatic heterocycles. The van der Waals surface area contributed by atoms with E-state index in [2.05, 4.69) is 30.3 Å². The van der Waals surface area contributed by atoms with Crippen LogP contribution in [-0.4, -0.2) is 11.5 Å². The maximum absolute atomic E-state index is 5.73. The predicted molar refractivity (Wildman–Crippen MR) is 85.1 cm³/mol. The second-order valence-corrected chi connectivity index (χ2v) is 5.66. The van der Waals surface area contributed by atoms with Gasteiger partial charge in [0.25, 0.3) is 0 Å². The van der Waals surface area contributed by atoms with Crippen LogP contribution >= 0.6 is 11.8 Å². The number of hydrogen-bond acceptors (Lipinski definition) is 3. The van der Waals surface area contributed by atoms with Crippen LogP contribution in [0.5, 0.6) is 0 Å². The van der Waals surface area contributed by atoms with E-state index in [1.807, 2.05) is 30.3 Å². The van der Waals surface area contributed by atoms with Gasteiger partial charge in [-0.1, -0.05) is 48.2 Å². The molecule has 0 spiro atoms. The van der Waals surface area contributed by atoms with Crippen molar-refractivity contribution in [3.05, 3.63) is 66.2 Å². The minimum atomic E-state index is 0.641. The molecule has 20 heavy (non-hydrogen) atoms. The summed E-state index contributed by atoms with van der Waals surface area (Å²) in [5, 5.41) is 2.23. The van der Waals surface area contributed by atoms with E-state index in [1.54, 1.807) is 11.8 Å². The summed E-state index contributed by atoms with van der Waals surface area (Å²) in [5.41, 5.74) is 7.99. The first-order valence-corrected chi connectivity index (χ1v) is 7.50. The number of pyridine rings is 1. The number of para-hydroxylation sites is 1. The smallest absolute Gasteiger partial charge is 0.105 e. The number of nitrogens with zero attached hydrogens (tertiary/aromatic N) is 1. The van der Waals surface area contributed by atoms with Crippen molar-refractivity contribution in [1.82, 2.24) is 4.98 Å². The third-order valence-electron chi connectivity index (χ3n) is 3.13. The largest absolute Gasteiger partial charge is 0.330 e. The Bertz CT molecular complexity index is 711. The zero-order valence-electron chi connectivity index (χ0n) is 11.1. The molecule has 2 nitrogen and oxygen atoms in total. The molecule has 0 radical (unpaired) electrons. The van der Waals surface area contributed by atoms with Crippen molar-refractivity contribution in [2.75, 3.05) is 6.54 Å². The molecule has 2 aromatic carbocycles. The molecule has 0 atom stereocenters. The molecule has 1 heterocycles. The summed E-state index contributed by atoms with van der Waals surface area (Å²) in [7, 11) is 0. The van der Waals surface area contributed by atoms with Crippen LogP contribution in [0.15, 0.2) is 70.6 Å². The lowest BCUT2D eigenvalue weighted by Crippen LogP contribution is -2.04. The molecule has 0 saturated heterocycles. The molecule has 0 fully saturated rings. The van der Waals surface area contributed by atoms with E-state index >= 15 is 0 Å². The molecule has 0 amide bonds. The van der Waals surface area contributed by atoms with Crippen molar-refractivity contribution in [2.45, 2.75) is 16.3 Å². The van der Waals surface area contributed by atoms with Crippen LogP contribution in [0.25, 0.3) is 10.9 Å². The summed E-state index contributed by atoms with van der Waals surface area (Å²) >= 11 is 1.70. The van der Waals surface area contributed by atoms with Gasteiger partial charge in [-0.15, -0.1) is 0 Å². The summed E-state index contributed by atoms with van der Waals surface area (Å²) in [6, 6.07) is 20.8. The normalized spacial score (nSPS) is 10.8. The standard InChI is InChI=1S/C17H16N2S/c18-11-10-14-12-13-6-4-5-9-16(13)19-17(14)20-15-7-2-1-3-8-15/h1-9,12H,10-11,18H2. The van der Waals surface area contributed by atoms with E-state index in [9.17, 15) is 0 Å². The van der Waals surface area contributed by atoms with Gasteiger partial charge in [0.15, 0.2) is 0 Å². The minimum absolute atomic E-state index is 0.641. The van der Waals surface area contributed by atoms with Crippen molar-refractivity contribution in [1.29, 1.82) is 0 Å². The van der Waals surface area contributed by atoms with Crippen LogP contribution in [0.3, 0.4) is 0 Å². The fourth-order valence-electron chi connectivity index (χ4n) is 2.17. The van der Waals surface area contributed by atoms with Gasteiger partial charge in [0.05, 0.1) is 5.52 Å². The van der Waals surface area contributed by atoms with E-state index in [4.69, 9.17) is 10.7 Å². The Morgan fingerprint density at radius 3 is 2.50 bits per heavy atom. The molecule has 0 bridgehead atoms. The highest BCUT2D eigenvalue weighted by Gasteiger charge is 2.08. The van der Waals surface area contributed by atoms with Gasteiger partial charge in [0.1, 0.15) is 5.03 Å². The number of hydrogen-bond donors (Lipinski definition) is 1. The molecule has 0 aliphatic rings. The molecule has 0 saturated carbocycles. The zero-order chi connectivity index (χ0) is 13.8. The molecule has 2 N–H and O–H groups in total. The highest BCUT2D eigenvalue weighted by molar-refractivity contribution is 7.99. The SMILES string of the molecule is NCCc1cc2ccccc2nc1Sc1ccccc1. The Morgan fingerprint density at radius 2 is 1.70 bits per heavy atom. The Morgan fingerprint density at radius 1 is 0.950 bits per heavy atom. The van der Waals surface area contributed by atoms with E-state index in [-0.39, 0.29) is 0 Å². The summed E-state index contributed by atoms with van der Waals surface area (Å²) in [6.45, 7) is 0.641. The first-order valence-electron chi connectivity index (χ1n) is 6.68. The van der Waals surface area contributed by atoms with E-state index < -0.39 is 0 Å². The lowest BCUT2D eigenvalue weighted by Gasteiger charge is -2.09. The average molecular weight is 280 g/mol. The maximum Gasteiger partial charge on any atom is 0.105 e. The maximum atomic E-state index is 5.73. The van der Waals surface area contributed by atoms with Crippen LogP contribution in [0, 0.1) is 0 Å². The van der Waals surface area contributed by atoms with E-state index in [0.717, 1.165) is 17.0 Å². The zero-order valence-corrected chi connectivity index (χ0v) is 11.9. The fraction of sp³-hybridized carbons (Fsp3) is 0.118. The van der Waals surface area contributed by atoms with Gasteiger partial charge < -0.3 is 5.73 Å².